The minimum Gasteiger partial charge on any atom is -0.371 e. The number of hydrogen-bond donors (Lipinski definition) is 1. The zero-order valence-corrected chi connectivity index (χ0v) is 8.54. The fourth-order valence-electron chi connectivity index (χ4n) is 1.71. The van der Waals surface area contributed by atoms with Gasteiger partial charge in [-0.2, -0.15) is 13.2 Å². The van der Waals surface area contributed by atoms with Crippen molar-refractivity contribution in [1.29, 1.82) is 0 Å². The van der Waals surface area contributed by atoms with Crippen molar-refractivity contribution in [2.24, 2.45) is 0 Å². The zero-order valence-electron chi connectivity index (χ0n) is 8.54. The molecule has 98 valence electrons. The molecule has 2 nitrogen and oxygen atoms in total. The Balaban J connectivity index is 2.56. The predicted octanol–water partition coefficient (Wildman–Crippen LogP) is 3.03. The molecule has 0 spiro atoms. The highest BCUT2D eigenvalue weighted by Crippen LogP contribution is 2.36. The molecule has 0 aromatic heterocycles. The van der Waals surface area contributed by atoms with E-state index in [9.17, 15) is 31.1 Å². The second-order valence-electron chi connectivity index (χ2n) is 3.77. The molecule has 0 saturated carbocycles. The van der Waals surface area contributed by atoms with E-state index in [1.54, 1.807) is 5.32 Å². The predicted molar refractivity (Wildman–Crippen MR) is 48.7 cm³/mol. The summed E-state index contributed by atoms with van der Waals surface area (Å²) in [5.41, 5.74) is -1.96. The standard InChI is InChI=1S/C10H5F6NO/c11-3-1-4(12)9-7(8(3)13)5(18)2-6(17-9)10(14,15)16/h1,6,17H,2H2. The smallest absolute Gasteiger partial charge is 0.371 e. The maximum Gasteiger partial charge on any atom is 0.408 e. The molecular formula is C10H5F6NO. The quantitative estimate of drug-likeness (QED) is 0.579. The zero-order chi connectivity index (χ0) is 13.7. The number of nitrogens with one attached hydrogen (secondary N) is 1. The summed E-state index contributed by atoms with van der Waals surface area (Å²) in [7, 11) is 0. The second kappa shape index (κ2) is 3.89. The van der Waals surface area contributed by atoms with Crippen LogP contribution < -0.4 is 5.32 Å². The van der Waals surface area contributed by atoms with Crippen molar-refractivity contribution >= 4 is 11.5 Å². The molecule has 0 fully saturated rings. The second-order valence-corrected chi connectivity index (χ2v) is 3.77. The lowest BCUT2D eigenvalue weighted by atomic mass is 9.95. The Bertz CT molecular complexity index is 524. The number of fused-ring (bicyclic) bond motifs is 1. The highest BCUT2D eigenvalue weighted by Gasteiger charge is 2.45. The molecule has 0 saturated heterocycles. The van der Waals surface area contributed by atoms with Gasteiger partial charge in [0.15, 0.2) is 17.4 Å². The van der Waals surface area contributed by atoms with Gasteiger partial charge in [-0.25, -0.2) is 13.2 Å². The normalized spacial score (nSPS) is 19.4. The van der Waals surface area contributed by atoms with E-state index < -0.39 is 53.1 Å². The van der Waals surface area contributed by atoms with Gasteiger partial charge in [0, 0.05) is 12.5 Å². The van der Waals surface area contributed by atoms with Gasteiger partial charge < -0.3 is 5.32 Å². The fourth-order valence-corrected chi connectivity index (χ4v) is 1.71. The van der Waals surface area contributed by atoms with E-state index in [0.717, 1.165) is 0 Å². The lowest BCUT2D eigenvalue weighted by molar-refractivity contribution is -0.142. The molecule has 1 aliphatic heterocycles. The first-order valence-electron chi connectivity index (χ1n) is 4.75. The van der Waals surface area contributed by atoms with Crippen LogP contribution in [0.4, 0.5) is 32.0 Å². The Labute approximate surface area is 96.6 Å². The fraction of sp³-hybridized carbons (Fsp3) is 0.300. The average molecular weight is 269 g/mol. The number of halogens is 6. The van der Waals surface area contributed by atoms with Crippen molar-refractivity contribution in [3.8, 4) is 0 Å². The number of ketones is 1. The van der Waals surface area contributed by atoms with Gasteiger partial charge in [-0.15, -0.1) is 0 Å². The van der Waals surface area contributed by atoms with E-state index in [0.29, 0.717) is 0 Å². The molecule has 0 bridgehead atoms. The summed E-state index contributed by atoms with van der Waals surface area (Å²) in [5.74, 6) is -6.00. The third-order valence-corrected chi connectivity index (χ3v) is 2.55. The van der Waals surface area contributed by atoms with Crippen molar-refractivity contribution in [3.63, 3.8) is 0 Å². The molecule has 0 amide bonds. The molecule has 1 unspecified atom stereocenters. The topological polar surface area (TPSA) is 29.1 Å². The minimum absolute atomic E-state index is 0.0905. The number of anilines is 1. The van der Waals surface area contributed by atoms with Gasteiger partial charge in [0.05, 0.1) is 11.3 Å². The van der Waals surface area contributed by atoms with Crippen molar-refractivity contribution in [2.75, 3.05) is 5.32 Å². The van der Waals surface area contributed by atoms with Crippen molar-refractivity contribution in [1.82, 2.24) is 0 Å². The monoisotopic (exact) mass is 269 g/mol. The van der Waals surface area contributed by atoms with Crippen LogP contribution >= 0.6 is 0 Å². The largest absolute Gasteiger partial charge is 0.408 e. The van der Waals surface area contributed by atoms with Crippen LogP contribution in [-0.4, -0.2) is 18.0 Å². The molecule has 1 N–H and O–H groups in total. The van der Waals surface area contributed by atoms with Gasteiger partial charge >= 0.3 is 6.18 Å². The summed E-state index contributed by atoms with van der Waals surface area (Å²) in [6.07, 6.45) is -5.89. The lowest BCUT2D eigenvalue weighted by Gasteiger charge is -2.28. The number of hydrogen-bond acceptors (Lipinski definition) is 2. The summed E-state index contributed by atoms with van der Waals surface area (Å²) in [6.45, 7) is 0. The van der Waals surface area contributed by atoms with Gasteiger partial charge in [0.2, 0.25) is 0 Å². The molecule has 1 aliphatic rings. The van der Waals surface area contributed by atoms with Crippen LogP contribution in [0.15, 0.2) is 6.07 Å². The van der Waals surface area contributed by atoms with Gasteiger partial charge in [0.25, 0.3) is 0 Å². The molecule has 1 aromatic carbocycles. The Morgan fingerprint density at radius 1 is 1.17 bits per heavy atom. The van der Waals surface area contributed by atoms with Crippen molar-refractivity contribution in [3.05, 3.63) is 29.1 Å². The van der Waals surface area contributed by atoms with Gasteiger partial charge in [-0.3, -0.25) is 4.79 Å². The lowest BCUT2D eigenvalue weighted by Crippen LogP contribution is -2.42. The molecule has 2 rings (SSSR count). The molecule has 18 heavy (non-hydrogen) atoms. The van der Waals surface area contributed by atoms with E-state index in [1.165, 1.54) is 0 Å². The number of carbonyl (C=O) groups is 1. The first-order chi connectivity index (χ1) is 8.21. The van der Waals surface area contributed by atoms with Crippen LogP contribution in [0.5, 0.6) is 0 Å². The highest BCUT2D eigenvalue weighted by molar-refractivity contribution is 6.04. The Hall–Kier alpha value is -1.73. The molecule has 1 aromatic rings. The van der Waals surface area contributed by atoms with E-state index in [2.05, 4.69) is 0 Å². The summed E-state index contributed by atoms with van der Waals surface area (Å²) >= 11 is 0. The number of alkyl halides is 3. The summed E-state index contributed by atoms with van der Waals surface area (Å²) in [5, 5.41) is 1.68. The maximum atomic E-state index is 13.3. The van der Waals surface area contributed by atoms with Crippen molar-refractivity contribution in [2.45, 2.75) is 18.6 Å². The third kappa shape index (κ3) is 1.91. The Kier molecular flexibility index (Phi) is 2.75. The molecule has 0 aliphatic carbocycles. The van der Waals surface area contributed by atoms with Gasteiger partial charge in [0.1, 0.15) is 11.9 Å². The first-order valence-corrected chi connectivity index (χ1v) is 4.75. The van der Waals surface area contributed by atoms with Crippen LogP contribution in [0.25, 0.3) is 0 Å². The number of rotatable bonds is 0. The van der Waals surface area contributed by atoms with Crippen LogP contribution in [0.1, 0.15) is 16.8 Å². The molecular weight excluding hydrogens is 264 g/mol. The molecule has 1 heterocycles. The van der Waals surface area contributed by atoms with Gasteiger partial charge in [-0.05, 0) is 0 Å². The molecule has 0 radical (unpaired) electrons. The van der Waals surface area contributed by atoms with E-state index in [-0.39, 0.29) is 6.07 Å². The van der Waals surface area contributed by atoms with Crippen LogP contribution in [0.3, 0.4) is 0 Å². The number of Topliss-reactive ketones (excluding diaryl/α,β-unsaturated/α-hetero) is 1. The first kappa shape index (κ1) is 12.7. The maximum absolute atomic E-state index is 13.3. The Morgan fingerprint density at radius 3 is 2.33 bits per heavy atom. The molecule has 8 heteroatoms. The van der Waals surface area contributed by atoms with Gasteiger partial charge in [-0.1, -0.05) is 0 Å². The van der Waals surface area contributed by atoms with Crippen LogP contribution in [0, 0.1) is 17.5 Å². The average Bonchev–Trinajstić information content (AvgIpc) is 2.24. The minimum atomic E-state index is -4.79. The summed E-state index contributed by atoms with van der Waals surface area (Å²) in [6, 6.07) is -2.22. The SMILES string of the molecule is O=C1CC(C(F)(F)F)Nc2c(F)cc(F)c(F)c21. The van der Waals surface area contributed by atoms with E-state index >= 15 is 0 Å². The van der Waals surface area contributed by atoms with E-state index in [1.807, 2.05) is 0 Å². The van der Waals surface area contributed by atoms with Crippen molar-refractivity contribution < 1.29 is 31.1 Å². The Morgan fingerprint density at radius 2 is 1.78 bits per heavy atom. The summed E-state index contributed by atoms with van der Waals surface area (Å²) < 4.78 is 76.6. The van der Waals surface area contributed by atoms with Crippen LogP contribution in [-0.2, 0) is 0 Å². The van der Waals surface area contributed by atoms with E-state index in [4.69, 9.17) is 0 Å². The third-order valence-electron chi connectivity index (χ3n) is 2.55. The summed E-state index contributed by atoms with van der Waals surface area (Å²) in [4.78, 5) is 11.4. The highest BCUT2D eigenvalue weighted by atomic mass is 19.4. The van der Waals surface area contributed by atoms with Crippen LogP contribution in [0.2, 0.25) is 0 Å². The number of carbonyl (C=O) groups excluding carboxylic acids is 1. The molecule has 1 atom stereocenters. The number of benzene rings is 1.